The lowest BCUT2D eigenvalue weighted by Gasteiger charge is -2.26. The molecule has 2 rings (SSSR count). The van der Waals surface area contributed by atoms with Gasteiger partial charge in [-0.05, 0) is 12.8 Å². The predicted octanol–water partition coefficient (Wildman–Crippen LogP) is -0.840. The normalized spacial score (nSPS) is 37.4. The molecule has 1 amide bonds. The number of carboxylic acids is 1. The highest BCUT2D eigenvalue weighted by Crippen LogP contribution is 2.29. The van der Waals surface area contributed by atoms with Gasteiger partial charge in [-0.1, -0.05) is 6.42 Å². The number of aliphatic carboxylic acids is 1. The van der Waals surface area contributed by atoms with Crippen molar-refractivity contribution < 1.29 is 19.8 Å². The lowest BCUT2D eigenvalue weighted by atomic mass is 10.0. The fourth-order valence-corrected chi connectivity index (χ4v) is 2.80. The molecular formula is C11H18N2O4. The molecule has 0 aromatic carbocycles. The van der Waals surface area contributed by atoms with Crippen molar-refractivity contribution in [2.75, 3.05) is 6.54 Å². The average molecular weight is 242 g/mol. The number of hydrogen-bond donors (Lipinski definition) is 3. The van der Waals surface area contributed by atoms with Gasteiger partial charge in [0.1, 0.15) is 6.04 Å². The van der Waals surface area contributed by atoms with Gasteiger partial charge in [0.25, 0.3) is 0 Å². The smallest absolute Gasteiger partial charge is 0.326 e. The van der Waals surface area contributed by atoms with Crippen LogP contribution >= 0.6 is 0 Å². The Morgan fingerprint density at radius 3 is 2.53 bits per heavy atom. The first kappa shape index (κ1) is 12.3. The Morgan fingerprint density at radius 1 is 1.29 bits per heavy atom. The summed E-state index contributed by atoms with van der Waals surface area (Å²) in [5.74, 6) is -1.54. The molecule has 6 nitrogen and oxygen atoms in total. The molecule has 1 aliphatic heterocycles. The van der Waals surface area contributed by atoms with Gasteiger partial charge < -0.3 is 20.8 Å². The molecule has 4 N–H and O–H groups in total. The first-order valence-corrected chi connectivity index (χ1v) is 5.97. The fraction of sp³-hybridized carbons (Fsp3) is 0.818. The number of amides is 1. The number of rotatable bonds is 2. The van der Waals surface area contributed by atoms with E-state index < -0.39 is 18.1 Å². The number of aliphatic hydroxyl groups is 1. The molecule has 6 heteroatoms. The Hall–Kier alpha value is -1.14. The summed E-state index contributed by atoms with van der Waals surface area (Å²) in [6.07, 6.45) is 1.82. The second kappa shape index (κ2) is 4.62. The van der Waals surface area contributed by atoms with Crippen LogP contribution in [0.4, 0.5) is 0 Å². The number of β-amino-alcohol motifs (C(OH)–C–C–N with tert-alkyl or cyclic N) is 1. The molecule has 2 unspecified atom stereocenters. The summed E-state index contributed by atoms with van der Waals surface area (Å²) in [4.78, 5) is 24.5. The van der Waals surface area contributed by atoms with Crippen LogP contribution in [0.15, 0.2) is 0 Å². The van der Waals surface area contributed by atoms with E-state index in [1.807, 2.05) is 0 Å². The SMILES string of the molecule is NC1CCCC1C(=O)N1C[C@H](O)C[C@@H]1C(=O)O. The Morgan fingerprint density at radius 2 is 2.00 bits per heavy atom. The molecular weight excluding hydrogens is 224 g/mol. The summed E-state index contributed by atoms with van der Waals surface area (Å²) in [7, 11) is 0. The molecule has 1 aliphatic carbocycles. The van der Waals surface area contributed by atoms with Crippen molar-refractivity contribution in [3.8, 4) is 0 Å². The number of aliphatic hydroxyl groups excluding tert-OH is 1. The predicted molar refractivity (Wildman–Crippen MR) is 59.1 cm³/mol. The molecule has 17 heavy (non-hydrogen) atoms. The van der Waals surface area contributed by atoms with Crippen molar-refractivity contribution >= 4 is 11.9 Å². The van der Waals surface area contributed by atoms with Gasteiger partial charge in [0.15, 0.2) is 0 Å². The summed E-state index contributed by atoms with van der Waals surface area (Å²) < 4.78 is 0. The van der Waals surface area contributed by atoms with Crippen molar-refractivity contribution in [2.45, 2.75) is 43.9 Å². The molecule has 1 heterocycles. The van der Waals surface area contributed by atoms with E-state index in [0.717, 1.165) is 19.3 Å². The zero-order valence-corrected chi connectivity index (χ0v) is 9.58. The first-order valence-electron chi connectivity index (χ1n) is 5.97. The van der Waals surface area contributed by atoms with E-state index in [1.54, 1.807) is 0 Å². The molecule has 0 radical (unpaired) electrons. The number of hydrogen-bond acceptors (Lipinski definition) is 4. The van der Waals surface area contributed by atoms with Crippen molar-refractivity contribution in [3.63, 3.8) is 0 Å². The van der Waals surface area contributed by atoms with Gasteiger partial charge in [-0.3, -0.25) is 4.79 Å². The zero-order chi connectivity index (χ0) is 12.6. The van der Waals surface area contributed by atoms with E-state index >= 15 is 0 Å². The van der Waals surface area contributed by atoms with Crippen molar-refractivity contribution in [1.82, 2.24) is 4.90 Å². The van der Waals surface area contributed by atoms with Gasteiger partial charge in [-0.25, -0.2) is 4.79 Å². The fourth-order valence-electron chi connectivity index (χ4n) is 2.80. The highest BCUT2D eigenvalue weighted by molar-refractivity contribution is 5.86. The Bertz CT molecular complexity index is 333. The molecule has 1 saturated carbocycles. The quantitative estimate of drug-likeness (QED) is 0.585. The summed E-state index contributed by atoms with van der Waals surface area (Å²) in [5, 5.41) is 18.5. The highest BCUT2D eigenvalue weighted by atomic mass is 16.4. The van der Waals surface area contributed by atoms with Gasteiger partial charge in [-0.15, -0.1) is 0 Å². The van der Waals surface area contributed by atoms with Gasteiger partial charge in [-0.2, -0.15) is 0 Å². The van der Waals surface area contributed by atoms with Crippen LogP contribution < -0.4 is 5.73 Å². The molecule has 96 valence electrons. The van der Waals surface area contributed by atoms with Crippen LogP contribution in [0, 0.1) is 5.92 Å². The largest absolute Gasteiger partial charge is 0.480 e. The van der Waals surface area contributed by atoms with Gasteiger partial charge in [0.2, 0.25) is 5.91 Å². The van der Waals surface area contributed by atoms with Gasteiger partial charge >= 0.3 is 5.97 Å². The molecule has 0 spiro atoms. The number of nitrogens with two attached hydrogens (primary N) is 1. The van der Waals surface area contributed by atoms with E-state index in [-0.39, 0.29) is 30.8 Å². The van der Waals surface area contributed by atoms with Crippen LogP contribution in [0.3, 0.4) is 0 Å². The minimum absolute atomic E-state index is 0.110. The summed E-state index contributed by atoms with van der Waals surface area (Å²) in [6, 6.07) is -1.07. The summed E-state index contributed by atoms with van der Waals surface area (Å²) in [6.45, 7) is 0.110. The standard InChI is InChI=1S/C11H18N2O4/c12-8-3-1-2-7(8)10(15)13-5-6(14)4-9(13)11(16)17/h6-9,14H,1-5,12H2,(H,16,17)/t6-,7?,8?,9-/m1/s1. The minimum atomic E-state index is -1.05. The Kier molecular flexibility index (Phi) is 3.35. The number of carbonyl (C=O) groups excluding carboxylic acids is 1. The van der Waals surface area contributed by atoms with Crippen LogP contribution in [0.1, 0.15) is 25.7 Å². The molecule has 0 aromatic heterocycles. The van der Waals surface area contributed by atoms with Crippen LogP contribution in [0.5, 0.6) is 0 Å². The molecule has 1 saturated heterocycles. The molecule has 4 atom stereocenters. The van der Waals surface area contributed by atoms with Crippen molar-refractivity contribution in [3.05, 3.63) is 0 Å². The summed E-state index contributed by atoms with van der Waals surface area (Å²) in [5.41, 5.74) is 5.85. The zero-order valence-electron chi connectivity index (χ0n) is 9.58. The number of carboxylic acid groups (broad SMARTS) is 1. The second-order valence-electron chi connectivity index (χ2n) is 4.94. The molecule has 0 bridgehead atoms. The van der Waals surface area contributed by atoms with E-state index in [4.69, 9.17) is 10.8 Å². The Balaban J connectivity index is 2.10. The number of nitrogens with zero attached hydrogens (tertiary/aromatic N) is 1. The lowest BCUT2D eigenvalue weighted by Crippen LogP contribution is -2.46. The van der Waals surface area contributed by atoms with Crippen molar-refractivity contribution in [1.29, 1.82) is 0 Å². The molecule has 0 aromatic rings. The van der Waals surface area contributed by atoms with Crippen LogP contribution in [-0.2, 0) is 9.59 Å². The van der Waals surface area contributed by atoms with E-state index in [2.05, 4.69) is 0 Å². The molecule has 2 fully saturated rings. The maximum Gasteiger partial charge on any atom is 0.326 e. The molecule has 2 aliphatic rings. The van der Waals surface area contributed by atoms with Crippen LogP contribution in [0.2, 0.25) is 0 Å². The van der Waals surface area contributed by atoms with Crippen LogP contribution in [-0.4, -0.2) is 51.7 Å². The van der Waals surface area contributed by atoms with E-state index in [0.29, 0.717) is 0 Å². The van der Waals surface area contributed by atoms with Crippen molar-refractivity contribution in [2.24, 2.45) is 11.7 Å². The third kappa shape index (κ3) is 2.28. The third-order valence-corrected chi connectivity index (χ3v) is 3.73. The maximum absolute atomic E-state index is 12.2. The highest BCUT2D eigenvalue weighted by Gasteiger charge is 2.43. The minimum Gasteiger partial charge on any atom is -0.480 e. The van der Waals surface area contributed by atoms with Crippen LogP contribution in [0.25, 0.3) is 0 Å². The van der Waals surface area contributed by atoms with E-state index in [9.17, 15) is 14.7 Å². The third-order valence-electron chi connectivity index (χ3n) is 3.73. The summed E-state index contributed by atoms with van der Waals surface area (Å²) >= 11 is 0. The Labute approximate surface area is 99.4 Å². The second-order valence-corrected chi connectivity index (χ2v) is 4.94. The number of likely N-dealkylation sites (tertiary alicyclic amines) is 1. The maximum atomic E-state index is 12.2. The average Bonchev–Trinajstić information content (AvgIpc) is 2.83. The van der Waals surface area contributed by atoms with E-state index in [1.165, 1.54) is 4.90 Å². The van der Waals surface area contributed by atoms with Gasteiger partial charge in [0.05, 0.1) is 12.0 Å². The lowest BCUT2D eigenvalue weighted by molar-refractivity contribution is -0.150. The first-order chi connectivity index (χ1) is 8.00. The van der Waals surface area contributed by atoms with Gasteiger partial charge in [0, 0.05) is 19.0 Å². The topological polar surface area (TPSA) is 104 Å². The monoisotopic (exact) mass is 242 g/mol. The number of carbonyl (C=O) groups is 2.